The van der Waals surface area contributed by atoms with Gasteiger partial charge in [0.05, 0.1) is 12.1 Å². The predicted octanol–water partition coefficient (Wildman–Crippen LogP) is -1.62. The van der Waals surface area contributed by atoms with Crippen molar-refractivity contribution in [2.75, 3.05) is 13.1 Å². The molecule has 1 saturated heterocycles. The lowest BCUT2D eigenvalue weighted by atomic mass is 10.1. The van der Waals surface area contributed by atoms with Crippen LogP contribution in [0.5, 0.6) is 0 Å². The van der Waals surface area contributed by atoms with Crippen LogP contribution in [-0.2, 0) is 14.4 Å². The Bertz CT molecular complexity index is 457. The van der Waals surface area contributed by atoms with E-state index < -0.39 is 42.0 Å². The fraction of sp³-hybridized carbons (Fsp3) is 0.800. The summed E-state index contributed by atoms with van der Waals surface area (Å²) >= 11 is 0. The van der Waals surface area contributed by atoms with Gasteiger partial charge in [-0.1, -0.05) is 6.42 Å². The van der Waals surface area contributed by atoms with Crippen molar-refractivity contribution in [2.45, 2.75) is 63.3 Å². The molecule has 0 spiro atoms. The van der Waals surface area contributed by atoms with Crippen molar-refractivity contribution >= 4 is 17.8 Å². The summed E-state index contributed by atoms with van der Waals surface area (Å²) in [6, 6.07) is -2.94. The number of aliphatic carboxylic acids is 1. The molecule has 0 aromatic carbocycles. The summed E-state index contributed by atoms with van der Waals surface area (Å²) in [5.41, 5.74) is 11.2. The molecule has 1 aliphatic rings. The number of carboxylic acids is 1. The number of rotatable bonds is 9. The summed E-state index contributed by atoms with van der Waals surface area (Å²) in [7, 11) is 0. The maximum absolute atomic E-state index is 12.6. The zero-order chi connectivity index (χ0) is 18.3. The van der Waals surface area contributed by atoms with Gasteiger partial charge in [0.2, 0.25) is 11.8 Å². The summed E-state index contributed by atoms with van der Waals surface area (Å²) in [6.45, 7) is 2.17. The Hall–Kier alpha value is -1.71. The van der Waals surface area contributed by atoms with Crippen LogP contribution in [0.3, 0.4) is 0 Å². The fourth-order valence-corrected chi connectivity index (χ4v) is 2.75. The number of nitrogens with two attached hydrogens (primary N) is 2. The maximum atomic E-state index is 12.6. The van der Waals surface area contributed by atoms with Crippen molar-refractivity contribution in [2.24, 2.45) is 11.5 Å². The van der Waals surface area contributed by atoms with Crippen LogP contribution in [0.1, 0.15) is 39.0 Å². The Morgan fingerprint density at radius 1 is 1.33 bits per heavy atom. The number of carbonyl (C=O) groups is 3. The Labute approximate surface area is 141 Å². The number of aliphatic hydroxyl groups excluding tert-OH is 1. The maximum Gasteiger partial charge on any atom is 0.326 e. The molecule has 0 saturated carbocycles. The molecular formula is C15H28N4O5. The zero-order valence-electron chi connectivity index (χ0n) is 14.0. The first-order valence-corrected chi connectivity index (χ1v) is 8.27. The van der Waals surface area contributed by atoms with Crippen LogP contribution in [0, 0.1) is 0 Å². The van der Waals surface area contributed by atoms with E-state index in [1.54, 1.807) is 0 Å². The van der Waals surface area contributed by atoms with Crippen LogP contribution < -0.4 is 16.8 Å². The van der Waals surface area contributed by atoms with Gasteiger partial charge in [-0.05, 0) is 39.2 Å². The van der Waals surface area contributed by atoms with Gasteiger partial charge in [0.25, 0.3) is 0 Å². The van der Waals surface area contributed by atoms with E-state index in [1.807, 2.05) is 0 Å². The molecular weight excluding hydrogens is 316 g/mol. The van der Waals surface area contributed by atoms with Crippen molar-refractivity contribution in [3.63, 3.8) is 0 Å². The minimum Gasteiger partial charge on any atom is -0.480 e. The molecule has 0 bridgehead atoms. The van der Waals surface area contributed by atoms with Gasteiger partial charge in [-0.2, -0.15) is 0 Å². The lowest BCUT2D eigenvalue weighted by Crippen LogP contribution is -2.58. The number of hydrogen-bond donors (Lipinski definition) is 5. The third-order valence-electron chi connectivity index (χ3n) is 4.17. The molecule has 9 heteroatoms. The molecule has 1 fully saturated rings. The molecule has 0 unspecified atom stereocenters. The Morgan fingerprint density at radius 3 is 2.54 bits per heavy atom. The second kappa shape index (κ2) is 9.55. The summed E-state index contributed by atoms with van der Waals surface area (Å²) < 4.78 is 0. The number of carbonyl (C=O) groups excluding carboxylic acids is 2. The molecule has 4 atom stereocenters. The Morgan fingerprint density at radius 2 is 2.00 bits per heavy atom. The van der Waals surface area contributed by atoms with Crippen molar-refractivity contribution in [1.29, 1.82) is 0 Å². The number of carboxylic acid groups (broad SMARTS) is 1. The summed E-state index contributed by atoms with van der Waals surface area (Å²) in [5.74, 6) is -2.23. The van der Waals surface area contributed by atoms with Crippen molar-refractivity contribution in [3.8, 4) is 0 Å². The van der Waals surface area contributed by atoms with Crippen molar-refractivity contribution < 1.29 is 24.6 Å². The van der Waals surface area contributed by atoms with Gasteiger partial charge in [-0.15, -0.1) is 0 Å². The number of amides is 2. The molecule has 138 valence electrons. The lowest BCUT2D eigenvalue weighted by Gasteiger charge is -2.29. The van der Waals surface area contributed by atoms with Gasteiger partial charge in [0.1, 0.15) is 12.1 Å². The topological polar surface area (TPSA) is 159 Å². The smallest absolute Gasteiger partial charge is 0.326 e. The quantitative estimate of drug-likeness (QED) is 0.314. The molecule has 2 amide bonds. The monoisotopic (exact) mass is 344 g/mol. The molecule has 24 heavy (non-hydrogen) atoms. The highest BCUT2D eigenvalue weighted by Crippen LogP contribution is 2.19. The number of unbranched alkanes of at least 4 members (excludes halogenated alkanes) is 1. The van der Waals surface area contributed by atoms with Crippen LogP contribution >= 0.6 is 0 Å². The third kappa shape index (κ3) is 5.43. The van der Waals surface area contributed by atoms with Crippen molar-refractivity contribution in [3.05, 3.63) is 0 Å². The minimum absolute atomic E-state index is 0.289. The first-order valence-electron chi connectivity index (χ1n) is 8.27. The van der Waals surface area contributed by atoms with Crippen LogP contribution in [0.4, 0.5) is 0 Å². The molecule has 1 heterocycles. The fourth-order valence-electron chi connectivity index (χ4n) is 2.75. The molecule has 0 aromatic heterocycles. The number of nitrogens with zero attached hydrogens (tertiary/aromatic N) is 1. The number of hydrogen-bond acceptors (Lipinski definition) is 6. The molecule has 0 aliphatic carbocycles. The second-order valence-corrected chi connectivity index (χ2v) is 6.15. The average Bonchev–Trinajstić information content (AvgIpc) is 3.01. The number of likely N-dealkylation sites (tertiary alicyclic amines) is 1. The highest BCUT2D eigenvalue weighted by atomic mass is 16.4. The van der Waals surface area contributed by atoms with Gasteiger partial charge in [-0.3, -0.25) is 9.59 Å². The molecule has 0 radical (unpaired) electrons. The first kappa shape index (κ1) is 20.3. The Balaban J connectivity index is 2.70. The Kier molecular flexibility index (Phi) is 8.09. The van der Waals surface area contributed by atoms with E-state index in [2.05, 4.69) is 5.32 Å². The van der Waals surface area contributed by atoms with Crippen LogP contribution in [0.15, 0.2) is 0 Å². The minimum atomic E-state index is -1.21. The largest absolute Gasteiger partial charge is 0.480 e. The van der Waals surface area contributed by atoms with Crippen LogP contribution in [0.25, 0.3) is 0 Å². The van der Waals surface area contributed by atoms with E-state index in [0.29, 0.717) is 32.2 Å². The van der Waals surface area contributed by atoms with Crippen molar-refractivity contribution in [1.82, 2.24) is 10.2 Å². The highest BCUT2D eigenvalue weighted by Gasteiger charge is 2.39. The van der Waals surface area contributed by atoms with E-state index >= 15 is 0 Å². The predicted molar refractivity (Wildman–Crippen MR) is 86.9 cm³/mol. The van der Waals surface area contributed by atoms with Gasteiger partial charge < -0.3 is 31.9 Å². The van der Waals surface area contributed by atoms with Gasteiger partial charge in [-0.25, -0.2) is 4.79 Å². The van der Waals surface area contributed by atoms with E-state index in [0.717, 1.165) is 6.42 Å². The molecule has 7 N–H and O–H groups in total. The SMILES string of the molecule is C[C@@H](O)[C@H](NC(=O)[C@@H](N)CCCCN)C(=O)N1CCC[C@@H]1C(=O)O. The van der Waals surface area contributed by atoms with Crippen LogP contribution in [0.2, 0.25) is 0 Å². The zero-order valence-corrected chi connectivity index (χ0v) is 14.0. The molecule has 1 aliphatic heterocycles. The summed E-state index contributed by atoms with van der Waals surface area (Å²) in [6.07, 6.45) is 1.62. The van der Waals surface area contributed by atoms with E-state index in [4.69, 9.17) is 16.6 Å². The van der Waals surface area contributed by atoms with Gasteiger partial charge >= 0.3 is 5.97 Å². The highest BCUT2D eigenvalue weighted by molar-refractivity contribution is 5.92. The molecule has 0 aromatic rings. The van der Waals surface area contributed by atoms with E-state index in [9.17, 15) is 19.5 Å². The summed E-state index contributed by atoms with van der Waals surface area (Å²) in [4.78, 5) is 37.1. The first-order chi connectivity index (χ1) is 11.3. The van der Waals surface area contributed by atoms with Gasteiger partial charge in [0, 0.05) is 6.54 Å². The van der Waals surface area contributed by atoms with E-state index in [1.165, 1.54) is 11.8 Å². The van der Waals surface area contributed by atoms with Gasteiger partial charge in [0.15, 0.2) is 0 Å². The third-order valence-corrected chi connectivity index (χ3v) is 4.17. The van der Waals surface area contributed by atoms with E-state index in [-0.39, 0.29) is 6.54 Å². The average molecular weight is 344 g/mol. The number of nitrogens with one attached hydrogen (secondary N) is 1. The standard InChI is InChI=1S/C15H28N4O5/c1-9(20)12(18-13(21)10(17)5-2-3-7-16)14(22)19-8-4-6-11(19)15(23)24/h9-12,20H,2-8,16-17H2,1H3,(H,18,21)(H,23,24)/t9-,10+,11-,12+/m1/s1. The molecule has 9 nitrogen and oxygen atoms in total. The normalized spacial score (nSPS) is 21.2. The number of aliphatic hydroxyl groups is 1. The van der Waals surface area contributed by atoms with Crippen LogP contribution in [-0.4, -0.2) is 70.2 Å². The molecule has 1 rings (SSSR count). The lowest BCUT2D eigenvalue weighted by molar-refractivity contribution is -0.150. The summed E-state index contributed by atoms with van der Waals surface area (Å²) in [5, 5.41) is 21.5. The second-order valence-electron chi connectivity index (χ2n) is 6.15.